The summed E-state index contributed by atoms with van der Waals surface area (Å²) in [5.74, 6) is 0. The van der Waals surface area contributed by atoms with Crippen LogP contribution in [0.25, 0.3) is 10.8 Å². The molecule has 1 N–H and O–H groups in total. The first kappa shape index (κ1) is 10.8. The highest BCUT2D eigenvalue weighted by atomic mass is 16.5. The van der Waals surface area contributed by atoms with Crippen LogP contribution in [0.1, 0.15) is 18.4 Å². The van der Waals surface area contributed by atoms with Gasteiger partial charge in [-0.1, -0.05) is 42.5 Å². The van der Waals surface area contributed by atoms with Crippen LogP contribution in [0, 0.1) is 0 Å². The van der Waals surface area contributed by atoms with Gasteiger partial charge >= 0.3 is 0 Å². The molecule has 1 atom stereocenters. The van der Waals surface area contributed by atoms with Gasteiger partial charge in [-0.3, -0.25) is 0 Å². The molecule has 2 aromatic carbocycles. The molecule has 2 nitrogen and oxygen atoms in total. The summed E-state index contributed by atoms with van der Waals surface area (Å²) < 4.78 is 5.44. The topological polar surface area (TPSA) is 29.5 Å². The monoisotopic (exact) mass is 228 g/mol. The first-order valence-electron chi connectivity index (χ1n) is 6.08. The van der Waals surface area contributed by atoms with Gasteiger partial charge in [-0.25, -0.2) is 0 Å². The summed E-state index contributed by atoms with van der Waals surface area (Å²) in [6.07, 6.45) is 1.70. The van der Waals surface area contributed by atoms with Crippen LogP contribution < -0.4 is 0 Å². The summed E-state index contributed by atoms with van der Waals surface area (Å²) in [6, 6.07) is 14.3. The van der Waals surface area contributed by atoms with Crippen molar-refractivity contribution in [3.63, 3.8) is 0 Å². The highest BCUT2D eigenvalue weighted by Gasteiger charge is 2.33. The van der Waals surface area contributed by atoms with E-state index in [1.807, 2.05) is 24.3 Å². The van der Waals surface area contributed by atoms with Gasteiger partial charge in [0.15, 0.2) is 0 Å². The van der Waals surface area contributed by atoms with E-state index in [4.69, 9.17) is 4.74 Å². The van der Waals surface area contributed by atoms with E-state index < -0.39 is 5.60 Å². The average Bonchev–Trinajstić information content (AvgIpc) is 2.39. The second-order valence-electron chi connectivity index (χ2n) is 4.71. The number of ether oxygens (including phenoxy) is 1. The number of hydrogen-bond donors (Lipinski definition) is 1. The van der Waals surface area contributed by atoms with Gasteiger partial charge < -0.3 is 9.84 Å². The number of fused-ring (bicyclic) bond motifs is 1. The normalized spacial score (nSPS) is 25.0. The second-order valence-corrected chi connectivity index (χ2v) is 4.71. The average molecular weight is 228 g/mol. The quantitative estimate of drug-likeness (QED) is 0.813. The third kappa shape index (κ3) is 1.84. The van der Waals surface area contributed by atoms with E-state index in [9.17, 15) is 5.11 Å². The summed E-state index contributed by atoms with van der Waals surface area (Å²) in [6.45, 7) is 1.16. The standard InChI is InChI=1S/C15H16O2/c16-15(9-4-10-17-11-15)14-8-3-6-12-5-1-2-7-13(12)14/h1-3,5-8,16H,4,9-11H2. The molecule has 0 bridgehead atoms. The Balaban J connectivity index is 2.16. The highest BCUT2D eigenvalue weighted by molar-refractivity contribution is 5.86. The Kier molecular flexibility index (Phi) is 2.61. The molecule has 17 heavy (non-hydrogen) atoms. The molecule has 88 valence electrons. The Bertz CT molecular complexity index is 522. The summed E-state index contributed by atoms with van der Waals surface area (Å²) >= 11 is 0. The van der Waals surface area contributed by atoms with Gasteiger partial charge in [-0.2, -0.15) is 0 Å². The lowest BCUT2D eigenvalue weighted by atomic mass is 9.85. The van der Waals surface area contributed by atoms with Gasteiger partial charge in [0.1, 0.15) is 5.60 Å². The Hall–Kier alpha value is -1.38. The van der Waals surface area contributed by atoms with Crippen LogP contribution in [-0.2, 0) is 10.3 Å². The van der Waals surface area contributed by atoms with Crippen LogP contribution >= 0.6 is 0 Å². The van der Waals surface area contributed by atoms with Gasteiger partial charge in [0.05, 0.1) is 6.61 Å². The molecule has 2 aromatic rings. The van der Waals surface area contributed by atoms with E-state index in [1.165, 1.54) is 5.39 Å². The molecule has 0 aliphatic carbocycles. The number of rotatable bonds is 1. The highest BCUT2D eigenvalue weighted by Crippen LogP contribution is 2.34. The van der Waals surface area contributed by atoms with Crippen molar-refractivity contribution in [3.8, 4) is 0 Å². The van der Waals surface area contributed by atoms with Crippen molar-refractivity contribution < 1.29 is 9.84 Å². The van der Waals surface area contributed by atoms with Crippen molar-refractivity contribution in [1.29, 1.82) is 0 Å². The summed E-state index contributed by atoms with van der Waals surface area (Å²) in [4.78, 5) is 0. The van der Waals surface area contributed by atoms with Gasteiger partial charge in [-0.15, -0.1) is 0 Å². The van der Waals surface area contributed by atoms with Crippen molar-refractivity contribution in [1.82, 2.24) is 0 Å². The molecule has 1 aliphatic heterocycles. The van der Waals surface area contributed by atoms with Crippen LogP contribution in [0.4, 0.5) is 0 Å². The minimum Gasteiger partial charge on any atom is -0.383 e. The molecular weight excluding hydrogens is 212 g/mol. The molecule has 0 amide bonds. The van der Waals surface area contributed by atoms with Crippen LogP contribution in [0.2, 0.25) is 0 Å². The molecule has 0 spiro atoms. The fourth-order valence-electron chi connectivity index (χ4n) is 2.62. The van der Waals surface area contributed by atoms with Gasteiger partial charge in [-0.05, 0) is 29.2 Å². The predicted octanol–water partition coefficient (Wildman–Crippen LogP) is 2.84. The van der Waals surface area contributed by atoms with E-state index in [2.05, 4.69) is 18.2 Å². The zero-order valence-electron chi connectivity index (χ0n) is 9.73. The Morgan fingerprint density at radius 1 is 1.06 bits per heavy atom. The van der Waals surface area contributed by atoms with Gasteiger partial charge in [0.2, 0.25) is 0 Å². The van der Waals surface area contributed by atoms with Crippen LogP contribution in [0.5, 0.6) is 0 Å². The molecule has 0 radical (unpaired) electrons. The molecular formula is C15H16O2. The van der Waals surface area contributed by atoms with Crippen molar-refractivity contribution in [2.75, 3.05) is 13.2 Å². The maximum atomic E-state index is 10.7. The molecule has 1 heterocycles. The Morgan fingerprint density at radius 2 is 1.88 bits per heavy atom. The molecule has 1 aliphatic rings. The number of benzene rings is 2. The summed E-state index contributed by atoms with van der Waals surface area (Å²) in [5.41, 5.74) is 0.175. The van der Waals surface area contributed by atoms with E-state index in [-0.39, 0.29) is 0 Å². The maximum absolute atomic E-state index is 10.7. The Labute approximate surface area is 101 Å². The minimum atomic E-state index is -0.820. The van der Waals surface area contributed by atoms with E-state index in [1.54, 1.807) is 0 Å². The largest absolute Gasteiger partial charge is 0.383 e. The van der Waals surface area contributed by atoms with Crippen molar-refractivity contribution in [2.45, 2.75) is 18.4 Å². The molecule has 1 unspecified atom stereocenters. The lowest BCUT2D eigenvalue weighted by molar-refractivity contribution is -0.0893. The summed E-state index contributed by atoms with van der Waals surface area (Å²) in [7, 11) is 0. The van der Waals surface area contributed by atoms with E-state index in [0.29, 0.717) is 6.61 Å². The van der Waals surface area contributed by atoms with Crippen molar-refractivity contribution in [2.24, 2.45) is 0 Å². The van der Waals surface area contributed by atoms with Crippen LogP contribution in [-0.4, -0.2) is 18.3 Å². The van der Waals surface area contributed by atoms with Crippen LogP contribution in [0.15, 0.2) is 42.5 Å². The van der Waals surface area contributed by atoms with Crippen molar-refractivity contribution in [3.05, 3.63) is 48.0 Å². The predicted molar refractivity (Wildman–Crippen MR) is 67.9 cm³/mol. The third-order valence-electron chi connectivity index (χ3n) is 3.51. The summed E-state index contributed by atoms with van der Waals surface area (Å²) in [5, 5.41) is 13.0. The zero-order chi connectivity index (χ0) is 11.7. The second kappa shape index (κ2) is 4.13. The molecule has 1 fully saturated rings. The maximum Gasteiger partial charge on any atom is 0.114 e. The van der Waals surface area contributed by atoms with E-state index >= 15 is 0 Å². The molecule has 3 rings (SSSR count). The molecule has 0 saturated carbocycles. The lowest BCUT2D eigenvalue weighted by Crippen LogP contribution is -2.35. The van der Waals surface area contributed by atoms with Gasteiger partial charge in [0.25, 0.3) is 0 Å². The van der Waals surface area contributed by atoms with Crippen molar-refractivity contribution >= 4 is 10.8 Å². The number of aliphatic hydroxyl groups is 1. The smallest absolute Gasteiger partial charge is 0.114 e. The lowest BCUT2D eigenvalue weighted by Gasteiger charge is -2.33. The molecule has 0 aromatic heterocycles. The number of hydrogen-bond acceptors (Lipinski definition) is 2. The first-order chi connectivity index (χ1) is 8.30. The van der Waals surface area contributed by atoms with Gasteiger partial charge in [0, 0.05) is 6.61 Å². The fraction of sp³-hybridized carbons (Fsp3) is 0.333. The fourth-order valence-corrected chi connectivity index (χ4v) is 2.62. The zero-order valence-corrected chi connectivity index (χ0v) is 9.73. The molecule has 1 saturated heterocycles. The minimum absolute atomic E-state index is 0.404. The van der Waals surface area contributed by atoms with E-state index in [0.717, 1.165) is 30.4 Å². The SMILES string of the molecule is OC1(c2cccc3ccccc23)CCCOC1. The Morgan fingerprint density at radius 3 is 2.71 bits per heavy atom. The first-order valence-corrected chi connectivity index (χ1v) is 6.08. The molecule has 2 heteroatoms. The van der Waals surface area contributed by atoms with Crippen LogP contribution in [0.3, 0.4) is 0 Å². The third-order valence-corrected chi connectivity index (χ3v) is 3.51.